The van der Waals surface area contributed by atoms with Crippen molar-refractivity contribution >= 4 is 0 Å². The summed E-state index contributed by atoms with van der Waals surface area (Å²) in [7, 11) is 0. The van der Waals surface area contributed by atoms with E-state index in [1.807, 2.05) is 38.2 Å². The van der Waals surface area contributed by atoms with Crippen molar-refractivity contribution in [2.45, 2.75) is 27.2 Å². The maximum atomic E-state index is 5.54. The lowest BCUT2D eigenvalue weighted by atomic mass is 10.1. The molecule has 0 fully saturated rings. The SMILES string of the molecule is C=C\C=C(CC)/C(=C\C=C/C)OCC. The monoisotopic (exact) mass is 192 g/mol. The Morgan fingerprint density at radius 2 is 2.00 bits per heavy atom. The van der Waals surface area contributed by atoms with Crippen LogP contribution in [-0.4, -0.2) is 6.61 Å². The van der Waals surface area contributed by atoms with Crippen LogP contribution in [0.3, 0.4) is 0 Å². The molecule has 78 valence electrons. The van der Waals surface area contributed by atoms with Gasteiger partial charge < -0.3 is 4.74 Å². The third kappa shape index (κ3) is 4.70. The first kappa shape index (κ1) is 12.8. The summed E-state index contributed by atoms with van der Waals surface area (Å²) in [6.45, 7) is 10.5. The van der Waals surface area contributed by atoms with Crippen LogP contribution in [0.15, 0.2) is 48.3 Å². The molecular weight excluding hydrogens is 172 g/mol. The lowest BCUT2D eigenvalue weighted by molar-refractivity contribution is 0.236. The summed E-state index contributed by atoms with van der Waals surface area (Å²) in [4.78, 5) is 0. The van der Waals surface area contributed by atoms with Gasteiger partial charge in [-0.2, -0.15) is 0 Å². The van der Waals surface area contributed by atoms with Crippen LogP contribution in [0.2, 0.25) is 0 Å². The molecule has 0 aromatic carbocycles. The highest BCUT2D eigenvalue weighted by atomic mass is 16.5. The molecular formula is C13H20O. The van der Waals surface area contributed by atoms with Crippen LogP contribution in [0.4, 0.5) is 0 Å². The normalized spacial score (nSPS) is 13.4. The van der Waals surface area contributed by atoms with Crippen molar-refractivity contribution in [2.75, 3.05) is 6.61 Å². The molecule has 0 aromatic rings. The molecule has 0 rings (SSSR count). The fraction of sp³-hybridized carbons (Fsp3) is 0.385. The Kier molecular flexibility index (Phi) is 7.62. The minimum atomic E-state index is 0.692. The maximum Gasteiger partial charge on any atom is 0.122 e. The highest BCUT2D eigenvalue weighted by Crippen LogP contribution is 2.15. The first-order valence-corrected chi connectivity index (χ1v) is 5.07. The van der Waals surface area contributed by atoms with Crippen molar-refractivity contribution in [1.29, 1.82) is 0 Å². The predicted molar refractivity (Wildman–Crippen MR) is 63.1 cm³/mol. The van der Waals surface area contributed by atoms with Gasteiger partial charge in [-0.15, -0.1) is 0 Å². The van der Waals surface area contributed by atoms with Crippen molar-refractivity contribution in [2.24, 2.45) is 0 Å². The first-order valence-electron chi connectivity index (χ1n) is 5.07. The lowest BCUT2D eigenvalue weighted by Crippen LogP contribution is -1.95. The highest BCUT2D eigenvalue weighted by molar-refractivity contribution is 5.31. The number of ether oxygens (including phenoxy) is 1. The van der Waals surface area contributed by atoms with Crippen LogP contribution < -0.4 is 0 Å². The van der Waals surface area contributed by atoms with E-state index in [4.69, 9.17) is 4.74 Å². The smallest absolute Gasteiger partial charge is 0.122 e. The molecule has 0 atom stereocenters. The second-order valence-electron chi connectivity index (χ2n) is 2.77. The van der Waals surface area contributed by atoms with Gasteiger partial charge in [0, 0.05) is 0 Å². The summed E-state index contributed by atoms with van der Waals surface area (Å²) >= 11 is 0. The van der Waals surface area contributed by atoms with Gasteiger partial charge in [-0.3, -0.25) is 0 Å². The van der Waals surface area contributed by atoms with Crippen molar-refractivity contribution in [1.82, 2.24) is 0 Å². The third-order valence-electron chi connectivity index (χ3n) is 1.76. The number of allylic oxidation sites excluding steroid dienone is 6. The molecule has 0 saturated carbocycles. The Labute approximate surface area is 87.5 Å². The van der Waals surface area contributed by atoms with Crippen LogP contribution >= 0.6 is 0 Å². The Morgan fingerprint density at radius 1 is 1.29 bits per heavy atom. The summed E-state index contributed by atoms with van der Waals surface area (Å²) in [5.74, 6) is 0.938. The standard InChI is InChI=1S/C13H20O/c1-5-9-11-13(14-8-4)12(7-3)10-6-2/h5-6,9-11H,2,7-8H2,1,3-4H3/b9-5-,12-10-,13-11+. The molecule has 0 amide bonds. The van der Waals surface area contributed by atoms with Crippen LogP contribution in [0.25, 0.3) is 0 Å². The van der Waals surface area contributed by atoms with E-state index in [1.54, 1.807) is 6.08 Å². The quantitative estimate of drug-likeness (QED) is 0.456. The fourth-order valence-electron chi connectivity index (χ4n) is 1.10. The molecule has 0 unspecified atom stereocenters. The zero-order valence-corrected chi connectivity index (χ0v) is 9.42. The zero-order chi connectivity index (χ0) is 10.8. The van der Waals surface area contributed by atoms with Crippen molar-refractivity contribution in [3.05, 3.63) is 48.3 Å². The molecule has 0 spiro atoms. The van der Waals surface area contributed by atoms with Gasteiger partial charge in [0.1, 0.15) is 5.76 Å². The molecule has 0 heterocycles. The van der Waals surface area contributed by atoms with E-state index in [9.17, 15) is 0 Å². The number of hydrogen-bond donors (Lipinski definition) is 0. The van der Waals surface area contributed by atoms with Gasteiger partial charge >= 0.3 is 0 Å². The average Bonchev–Trinajstić information content (AvgIpc) is 2.21. The summed E-state index contributed by atoms with van der Waals surface area (Å²) in [6, 6.07) is 0. The number of rotatable bonds is 6. The average molecular weight is 192 g/mol. The van der Waals surface area contributed by atoms with Crippen LogP contribution in [0.5, 0.6) is 0 Å². The van der Waals surface area contributed by atoms with Gasteiger partial charge in [-0.05, 0) is 31.9 Å². The second-order valence-corrected chi connectivity index (χ2v) is 2.77. The van der Waals surface area contributed by atoms with Gasteiger partial charge in [-0.1, -0.05) is 37.8 Å². The van der Waals surface area contributed by atoms with Crippen molar-refractivity contribution in [3.63, 3.8) is 0 Å². The second kappa shape index (κ2) is 8.36. The summed E-state index contributed by atoms with van der Waals surface area (Å²) < 4.78 is 5.54. The molecule has 0 bridgehead atoms. The molecule has 1 nitrogen and oxygen atoms in total. The van der Waals surface area contributed by atoms with Crippen LogP contribution in [0.1, 0.15) is 27.2 Å². The summed E-state index contributed by atoms with van der Waals surface area (Å²) in [5.41, 5.74) is 1.18. The molecule has 14 heavy (non-hydrogen) atoms. The van der Waals surface area contributed by atoms with E-state index in [1.165, 1.54) is 5.57 Å². The summed E-state index contributed by atoms with van der Waals surface area (Å²) in [6.07, 6.45) is 10.7. The lowest BCUT2D eigenvalue weighted by Gasteiger charge is -2.09. The Hall–Kier alpha value is -1.24. The van der Waals surface area contributed by atoms with E-state index >= 15 is 0 Å². The van der Waals surface area contributed by atoms with E-state index in [0.717, 1.165) is 12.2 Å². The number of hydrogen-bond acceptors (Lipinski definition) is 1. The van der Waals surface area contributed by atoms with Gasteiger partial charge in [0.2, 0.25) is 0 Å². The molecule has 0 saturated heterocycles. The largest absolute Gasteiger partial charge is 0.494 e. The summed E-state index contributed by atoms with van der Waals surface area (Å²) in [5, 5.41) is 0. The third-order valence-corrected chi connectivity index (χ3v) is 1.76. The predicted octanol–water partition coefficient (Wildman–Crippen LogP) is 4.01. The molecule has 0 N–H and O–H groups in total. The molecule has 0 aliphatic rings. The van der Waals surface area contributed by atoms with E-state index < -0.39 is 0 Å². The Morgan fingerprint density at radius 3 is 2.43 bits per heavy atom. The van der Waals surface area contributed by atoms with E-state index in [2.05, 4.69) is 13.5 Å². The zero-order valence-electron chi connectivity index (χ0n) is 9.42. The van der Waals surface area contributed by atoms with E-state index in [-0.39, 0.29) is 0 Å². The van der Waals surface area contributed by atoms with Gasteiger partial charge in [-0.25, -0.2) is 0 Å². The minimum absolute atomic E-state index is 0.692. The van der Waals surface area contributed by atoms with Gasteiger partial charge in [0.25, 0.3) is 0 Å². The Balaban J connectivity index is 4.77. The molecule has 0 aliphatic carbocycles. The topological polar surface area (TPSA) is 9.23 Å². The fourth-order valence-corrected chi connectivity index (χ4v) is 1.10. The van der Waals surface area contributed by atoms with Crippen molar-refractivity contribution in [3.8, 4) is 0 Å². The highest BCUT2D eigenvalue weighted by Gasteiger charge is 2.01. The molecule has 0 aromatic heterocycles. The molecule has 0 radical (unpaired) electrons. The van der Waals surface area contributed by atoms with Gasteiger partial charge in [0.15, 0.2) is 0 Å². The van der Waals surface area contributed by atoms with Gasteiger partial charge in [0.05, 0.1) is 6.61 Å². The van der Waals surface area contributed by atoms with E-state index in [0.29, 0.717) is 6.61 Å². The van der Waals surface area contributed by atoms with Crippen molar-refractivity contribution < 1.29 is 4.74 Å². The van der Waals surface area contributed by atoms with Crippen LogP contribution in [0, 0.1) is 0 Å². The molecule has 1 heteroatoms. The molecule has 0 aliphatic heterocycles. The maximum absolute atomic E-state index is 5.54. The first-order chi connectivity index (χ1) is 6.79. The van der Waals surface area contributed by atoms with Crippen LogP contribution in [-0.2, 0) is 4.74 Å². The Bertz CT molecular complexity index is 244. The minimum Gasteiger partial charge on any atom is -0.494 e.